The van der Waals surface area contributed by atoms with Gasteiger partial charge in [-0.25, -0.2) is 0 Å². The van der Waals surface area contributed by atoms with Crippen LogP contribution in [0.15, 0.2) is 46.8 Å². The molecule has 0 spiro atoms. The number of nitrogens with one attached hydrogen (secondary N) is 2. The highest BCUT2D eigenvalue weighted by atomic mass is 32.1. The quantitative estimate of drug-likeness (QED) is 0.532. The largest absolute Gasteiger partial charge is 0.387 e. The van der Waals surface area contributed by atoms with Gasteiger partial charge in [0.2, 0.25) is 0 Å². The molecule has 0 amide bonds. The SMILES string of the molecule is CCNC(=NCC(C)c1cccs1)NCC(O)c1ccc(C)cc1. The number of hydrogen-bond donors (Lipinski definition) is 3. The normalized spacial score (nSPS) is 14.2. The van der Waals surface area contributed by atoms with E-state index in [4.69, 9.17) is 0 Å². The van der Waals surface area contributed by atoms with Gasteiger partial charge in [-0.15, -0.1) is 11.3 Å². The number of aliphatic hydroxyl groups is 1. The van der Waals surface area contributed by atoms with Crippen molar-refractivity contribution in [1.82, 2.24) is 10.6 Å². The van der Waals surface area contributed by atoms with Crippen LogP contribution in [0, 0.1) is 6.92 Å². The van der Waals surface area contributed by atoms with Crippen LogP contribution >= 0.6 is 11.3 Å². The number of thiophene rings is 1. The number of rotatable bonds is 7. The van der Waals surface area contributed by atoms with Crippen molar-refractivity contribution >= 4 is 17.3 Å². The van der Waals surface area contributed by atoms with Gasteiger partial charge in [0, 0.05) is 23.9 Å². The Hall–Kier alpha value is -1.85. The van der Waals surface area contributed by atoms with Gasteiger partial charge in [0.25, 0.3) is 0 Å². The molecule has 3 N–H and O–H groups in total. The maximum atomic E-state index is 10.3. The highest BCUT2D eigenvalue weighted by Crippen LogP contribution is 2.20. The molecule has 0 bridgehead atoms. The second-order valence-electron chi connectivity index (χ2n) is 5.94. The van der Waals surface area contributed by atoms with E-state index < -0.39 is 6.10 Å². The number of aliphatic hydroxyl groups excluding tert-OH is 1. The van der Waals surface area contributed by atoms with Crippen LogP contribution in [-0.2, 0) is 0 Å². The summed E-state index contributed by atoms with van der Waals surface area (Å²) in [5, 5.41) is 18.9. The first kappa shape index (κ1) is 18.5. The molecule has 5 heteroatoms. The van der Waals surface area contributed by atoms with E-state index in [2.05, 4.69) is 40.1 Å². The fourth-order valence-electron chi connectivity index (χ4n) is 2.33. The first-order chi connectivity index (χ1) is 11.6. The Balaban J connectivity index is 1.90. The molecular weight excluding hydrogens is 318 g/mol. The van der Waals surface area contributed by atoms with Crippen molar-refractivity contribution < 1.29 is 5.11 Å². The standard InChI is InChI=1S/C19H27N3OS/c1-4-20-19(21-12-15(3)18-6-5-11-24-18)22-13-17(23)16-9-7-14(2)8-10-16/h5-11,15,17,23H,4,12-13H2,1-3H3,(H2,20,21,22). The van der Waals surface area contributed by atoms with Gasteiger partial charge in [0.05, 0.1) is 12.6 Å². The van der Waals surface area contributed by atoms with Crippen molar-refractivity contribution in [1.29, 1.82) is 0 Å². The van der Waals surface area contributed by atoms with Crippen LogP contribution in [0.5, 0.6) is 0 Å². The summed E-state index contributed by atoms with van der Waals surface area (Å²) < 4.78 is 0. The van der Waals surface area contributed by atoms with Crippen molar-refractivity contribution in [2.45, 2.75) is 32.8 Å². The minimum atomic E-state index is -0.552. The van der Waals surface area contributed by atoms with Gasteiger partial charge in [-0.1, -0.05) is 42.8 Å². The highest BCUT2D eigenvalue weighted by molar-refractivity contribution is 7.10. The zero-order chi connectivity index (χ0) is 17.4. The Morgan fingerprint density at radius 3 is 2.58 bits per heavy atom. The number of hydrogen-bond acceptors (Lipinski definition) is 3. The molecule has 0 aliphatic heterocycles. The maximum Gasteiger partial charge on any atom is 0.191 e. The lowest BCUT2D eigenvalue weighted by Crippen LogP contribution is -2.39. The number of nitrogens with zero attached hydrogens (tertiary/aromatic N) is 1. The Morgan fingerprint density at radius 1 is 1.21 bits per heavy atom. The number of guanidine groups is 1. The molecule has 0 saturated carbocycles. The second kappa shape index (κ2) is 9.45. The average Bonchev–Trinajstić information content (AvgIpc) is 3.12. The van der Waals surface area contributed by atoms with Crippen LogP contribution in [-0.4, -0.2) is 30.7 Å². The van der Waals surface area contributed by atoms with Gasteiger partial charge < -0.3 is 15.7 Å². The minimum Gasteiger partial charge on any atom is -0.387 e. The van der Waals surface area contributed by atoms with E-state index in [9.17, 15) is 5.11 Å². The number of aryl methyl sites for hydroxylation is 1. The zero-order valence-electron chi connectivity index (χ0n) is 14.6. The molecule has 1 heterocycles. The van der Waals surface area contributed by atoms with Crippen molar-refractivity contribution in [2.75, 3.05) is 19.6 Å². The third-order valence-corrected chi connectivity index (χ3v) is 4.93. The Labute approximate surface area is 148 Å². The molecule has 0 fully saturated rings. The number of aliphatic imine (C=N–C) groups is 1. The summed E-state index contributed by atoms with van der Waals surface area (Å²) in [7, 11) is 0. The van der Waals surface area contributed by atoms with Crippen LogP contribution in [0.3, 0.4) is 0 Å². The van der Waals surface area contributed by atoms with Crippen molar-refractivity contribution in [3.05, 3.63) is 57.8 Å². The molecule has 0 radical (unpaired) electrons. The molecule has 130 valence electrons. The van der Waals surface area contributed by atoms with E-state index in [1.165, 1.54) is 10.4 Å². The predicted octanol–water partition coefficient (Wildman–Crippen LogP) is 3.45. The monoisotopic (exact) mass is 345 g/mol. The van der Waals surface area contributed by atoms with Gasteiger partial charge in [-0.05, 0) is 30.9 Å². The van der Waals surface area contributed by atoms with Gasteiger partial charge >= 0.3 is 0 Å². The second-order valence-corrected chi connectivity index (χ2v) is 6.92. The first-order valence-corrected chi connectivity index (χ1v) is 9.28. The molecule has 0 aliphatic rings. The van der Waals surface area contributed by atoms with E-state index in [0.717, 1.165) is 24.6 Å². The van der Waals surface area contributed by atoms with E-state index in [-0.39, 0.29) is 0 Å². The summed E-state index contributed by atoms with van der Waals surface area (Å²) >= 11 is 1.76. The summed E-state index contributed by atoms with van der Waals surface area (Å²) in [5.41, 5.74) is 2.10. The fourth-order valence-corrected chi connectivity index (χ4v) is 3.11. The Kier molecular flexibility index (Phi) is 7.28. The molecule has 24 heavy (non-hydrogen) atoms. The maximum absolute atomic E-state index is 10.3. The van der Waals surface area contributed by atoms with Crippen molar-refractivity contribution in [3.8, 4) is 0 Å². The van der Waals surface area contributed by atoms with E-state index in [1.54, 1.807) is 11.3 Å². The Bertz CT molecular complexity index is 623. The Morgan fingerprint density at radius 2 is 1.96 bits per heavy atom. The molecule has 4 nitrogen and oxygen atoms in total. The van der Waals surface area contributed by atoms with Gasteiger partial charge in [0.1, 0.15) is 0 Å². The molecule has 1 aromatic heterocycles. The molecule has 2 aromatic rings. The lowest BCUT2D eigenvalue weighted by molar-refractivity contribution is 0.181. The van der Waals surface area contributed by atoms with E-state index >= 15 is 0 Å². The number of benzene rings is 1. The predicted molar refractivity (Wildman–Crippen MR) is 103 cm³/mol. The van der Waals surface area contributed by atoms with Crippen LogP contribution in [0.4, 0.5) is 0 Å². The summed E-state index contributed by atoms with van der Waals surface area (Å²) in [4.78, 5) is 5.98. The van der Waals surface area contributed by atoms with E-state index in [0.29, 0.717) is 12.5 Å². The van der Waals surface area contributed by atoms with Gasteiger partial charge in [0.15, 0.2) is 5.96 Å². The van der Waals surface area contributed by atoms with Crippen molar-refractivity contribution in [3.63, 3.8) is 0 Å². The molecule has 1 aromatic carbocycles. The van der Waals surface area contributed by atoms with Crippen LogP contribution in [0.25, 0.3) is 0 Å². The zero-order valence-corrected chi connectivity index (χ0v) is 15.4. The highest BCUT2D eigenvalue weighted by Gasteiger charge is 2.09. The molecule has 2 atom stereocenters. The smallest absolute Gasteiger partial charge is 0.191 e. The summed E-state index contributed by atoms with van der Waals surface area (Å²) in [6, 6.07) is 12.2. The lowest BCUT2D eigenvalue weighted by atomic mass is 10.1. The molecule has 2 unspecified atom stereocenters. The average molecular weight is 346 g/mol. The fraction of sp³-hybridized carbons (Fsp3) is 0.421. The summed E-state index contributed by atoms with van der Waals surface area (Å²) in [6.07, 6.45) is -0.552. The van der Waals surface area contributed by atoms with Crippen LogP contribution in [0.1, 0.15) is 41.9 Å². The van der Waals surface area contributed by atoms with Gasteiger partial charge in [-0.3, -0.25) is 4.99 Å². The molecule has 2 rings (SSSR count). The third-order valence-electron chi connectivity index (χ3n) is 3.82. The first-order valence-electron chi connectivity index (χ1n) is 8.40. The minimum absolute atomic E-state index is 0.391. The van der Waals surface area contributed by atoms with Crippen LogP contribution < -0.4 is 10.6 Å². The third kappa shape index (κ3) is 5.65. The molecular formula is C19H27N3OS. The van der Waals surface area contributed by atoms with Crippen LogP contribution in [0.2, 0.25) is 0 Å². The molecule has 0 saturated heterocycles. The summed E-state index contributed by atoms with van der Waals surface area (Å²) in [5.74, 6) is 1.13. The van der Waals surface area contributed by atoms with Gasteiger partial charge in [-0.2, -0.15) is 0 Å². The summed E-state index contributed by atoms with van der Waals surface area (Å²) in [6.45, 7) is 8.20. The lowest BCUT2D eigenvalue weighted by Gasteiger charge is -2.16. The van der Waals surface area contributed by atoms with Crippen molar-refractivity contribution in [2.24, 2.45) is 4.99 Å². The topological polar surface area (TPSA) is 56.7 Å². The van der Waals surface area contributed by atoms with E-state index in [1.807, 2.05) is 38.1 Å². The molecule has 0 aliphatic carbocycles.